The highest BCUT2D eigenvalue weighted by atomic mass is 35.5. The van der Waals surface area contributed by atoms with Crippen molar-refractivity contribution in [2.75, 3.05) is 32.1 Å². The zero-order valence-electron chi connectivity index (χ0n) is 21.8. The van der Waals surface area contributed by atoms with E-state index in [4.69, 9.17) is 30.5 Å². The fourth-order valence-electron chi connectivity index (χ4n) is 3.26. The Kier molecular flexibility index (Phi) is 12.1. The second-order valence-electron chi connectivity index (χ2n) is 8.20. The van der Waals surface area contributed by atoms with Gasteiger partial charge in [-0.1, -0.05) is 77.2 Å². The third-order valence-electron chi connectivity index (χ3n) is 5.29. The minimum absolute atomic E-state index is 0.0190. The number of allylic oxidation sites excluding steroid dienone is 1. The van der Waals surface area contributed by atoms with Crippen LogP contribution < -0.4 is 5.01 Å². The summed E-state index contributed by atoms with van der Waals surface area (Å²) in [6.07, 6.45) is 0.0391. The van der Waals surface area contributed by atoms with E-state index in [1.165, 1.54) is 7.11 Å². The van der Waals surface area contributed by atoms with Crippen LogP contribution >= 0.6 is 11.6 Å². The van der Waals surface area contributed by atoms with E-state index in [0.29, 0.717) is 0 Å². The number of aromatic nitrogens is 3. The standard InChI is InChI=1S/C27H29ClN4O8/c1-37-14-15-38-19-31(27(36)40-18-21-10-6-3-7-11-21)32-29-16-23(30-32)25(26(34)35)22(28)12-13-24(33)39-17-20-8-4-2-5-9-20/h2-11,16H,12-15,17-19H2,1H3,(H,34,35). The molecule has 212 valence electrons. The highest BCUT2D eigenvalue weighted by Crippen LogP contribution is 2.24. The molecule has 1 aromatic heterocycles. The highest BCUT2D eigenvalue weighted by molar-refractivity contribution is 6.38. The highest BCUT2D eigenvalue weighted by Gasteiger charge is 2.24. The summed E-state index contributed by atoms with van der Waals surface area (Å²) in [5.74, 6) is -1.93. The third-order valence-corrected chi connectivity index (χ3v) is 5.67. The van der Waals surface area contributed by atoms with Crippen molar-refractivity contribution in [1.29, 1.82) is 0 Å². The van der Waals surface area contributed by atoms with Crippen molar-refractivity contribution in [3.8, 4) is 0 Å². The Balaban J connectivity index is 1.69. The number of rotatable bonds is 15. The van der Waals surface area contributed by atoms with Crippen molar-refractivity contribution in [1.82, 2.24) is 15.1 Å². The molecule has 1 heterocycles. The normalized spacial score (nSPS) is 11.4. The van der Waals surface area contributed by atoms with Gasteiger partial charge in [-0.25, -0.2) is 9.59 Å². The van der Waals surface area contributed by atoms with Crippen LogP contribution in [-0.2, 0) is 41.8 Å². The Bertz CT molecular complexity index is 1280. The van der Waals surface area contributed by atoms with Crippen molar-refractivity contribution in [2.45, 2.75) is 26.1 Å². The summed E-state index contributed by atoms with van der Waals surface area (Å²) in [6, 6.07) is 18.2. The predicted octanol–water partition coefficient (Wildman–Crippen LogP) is 3.73. The van der Waals surface area contributed by atoms with Crippen LogP contribution in [0.2, 0.25) is 0 Å². The van der Waals surface area contributed by atoms with Gasteiger partial charge in [0.15, 0.2) is 0 Å². The van der Waals surface area contributed by atoms with E-state index in [2.05, 4.69) is 10.2 Å². The van der Waals surface area contributed by atoms with Crippen molar-refractivity contribution in [3.05, 3.63) is 88.7 Å². The SMILES string of the molecule is COCCOCN(C(=O)OCc1ccccc1)n1ncc(C(C(=O)O)=C(Cl)CCC(=O)OCc2ccccc2)n1. The maximum atomic E-state index is 12.9. The maximum Gasteiger partial charge on any atom is 0.434 e. The van der Waals surface area contributed by atoms with E-state index in [1.807, 2.05) is 48.5 Å². The number of carboxylic acids is 1. The number of aliphatic carboxylic acids is 1. The fourth-order valence-corrected chi connectivity index (χ4v) is 3.53. The Labute approximate surface area is 235 Å². The van der Waals surface area contributed by atoms with E-state index in [1.54, 1.807) is 12.1 Å². The molecule has 0 aliphatic carbocycles. The van der Waals surface area contributed by atoms with Crippen LogP contribution in [0.15, 0.2) is 71.9 Å². The smallest absolute Gasteiger partial charge is 0.434 e. The molecular formula is C27H29ClN4O8. The van der Waals surface area contributed by atoms with Crippen LogP contribution in [-0.4, -0.2) is 65.3 Å². The molecule has 12 nitrogen and oxygen atoms in total. The van der Waals surface area contributed by atoms with Gasteiger partial charge < -0.3 is 24.1 Å². The second kappa shape index (κ2) is 16.0. The molecule has 0 unspecified atom stereocenters. The van der Waals surface area contributed by atoms with Crippen LogP contribution in [0.4, 0.5) is 4.79 Å². The summed E-state index contributed by atoms with van der Waals surface area (Å²) < 4.78 is 21.0. The summed E-state index contributed by atoms with van der Waals surface area (Å²) in [4.78, 5) is 37.9. The topological polar surface area (TPSA) is 142 Å². The lowest BCUT2D eigenvalue weighted by molar-refractivity contribution is -0.145. The minimum atomic E-state index is -1.38. The first-order chi connectivity index (χ1) is 19.4. The summed E-state index contributed by atoms with van der Waals surface area (Å²) in [7, 11) is 1.50. The number of amides is 1. The van der Waals surface area contributed by atoms with E-state index >= 15 is 0 Å². The van der Waals surface area contributed by atoms with Gasteiger partial charge >= 0.3 is 18.0 Å². The molecule has 1 N–H and O–H groups in total. The monoisotopic (exact) mass is 572 g/mol. The molecule has 0 spiro atoms. The molecule has 3 rings (SSSR count). The van der Waals surface area contributed by atoms with Crippen LogP contribution in [0.3, 0.4) is 0 Å². The molecule has 0 saturated carbocycles. The Hall–Kier alpha value is -4.26. The number of hydrogen-bond acceptors (Lipinski definition) is 9. The Morgan fingerprint density at radius 3 is 2.15 bits per heavy atom. The Morgan fingerprint density at radius 2 is 1.55 bits per heavy atom. The molecule has 0 aliphatic heterocycles. The molecule has 3 aromatic rings. The molecule has 0 bridgehead atoms. The first-order valence-electron chi connectivity index (χ1n) is 12.2. The van der Waals surface area contributed by atoms with E-state index < -0.39 is 18.0 Å². The van der Waals surface area contributed by atoms with E-state index in [0.717, 1.165) is 27.2 Å². The van der Waals surface area contributed by atoms with Crippen LogP contribution in [0.25, 0.3) is 5.57 Å². The van der Waals surface area contributed by atoms with E-state index in [9.17, 15) is 19.5 Å². The van der Waals surface area contributed by atoms with Gasteiger partial charge in [-0.15, -0.1) is 10.2 Å². The van der Waals surface area contributed by atoms with Gasteiger partial charge in [-0.05, 0) is 17.5 Å². The van der Waals surface area contributed by atoms with Gasteiger partial charge in [0.2, 0.25) is 0 Å². The molecule has 1 amide bonds. The molecule has 0 saturated heterocycles. The molecular weight excluding hydrogens is 544 g/mol. The van der Waals surface area contributed by atoms with Crippen molar-refractivity contribution in [2.24, 2.45) is 0 Å². The number of esters is 1. The lowest BCUT2D eigenvalue weighted by Gasteiger charge is -2.20. The number of ether oxygens (including phenoxy) is 4. The van der Waals surface area contributed by atoms with Gasteiger partial charge in [-0.2, -0.15) is 5.01 Å². The maximum absolute atomic E-state index is 12.9. The van der Waals surface area contributed by atoms with Crippen LogP contribution in [0.5, 0.6) is 0 Å². The lowest BCUT2D eigenvalue weighted by atomic mass is 10.1. The average Bonchev–Trinajstić information content (AvgIpc) is 3.43. The third kappa shape index (κ3) is 9.49. The molecule has 0 atom stereocenters. The number of hydrogen-bond donors (Lipinski definition) is 1. The number of methoxy groups -OCH3 is 1. The number of halogens is 1. The quantitative estimate of drug-likeness (QED) is 0.124. The fraction of sp³-hybridized carbons (Fsp3) is 0.296. The van der Waals surface area contributed by atoms with Crippen molar-refractivity contribution >= 4 is 35.2 Å². The molecule has 0 fully saturated rings. The van der Waals surface area contributed by atoms with Gasteiger partial charge in [0.05, 0.1) is 25.8 Å². The number of nitrogens with zero attached hydrogens (tertiary/aromatic N) is 4. The second-order valence-corrected chi connectivity index (χ2v) is 8.66. The predicted molar refractivity (Wildman–Crippen MR) is 143 cm³/mol. The molecule has 2 aromatic carbocycles. The van der Waals surface area contributed by atoms with Gasteiger partial charge in [0.25, 0.3) is 0 Å². The summed E-state index contributed by atoms with van der Waals surface area (Å²) in [5, 5.41) is 18.7. The van der Waals surface area contributed by atoms with Crippen molar-refractivity contribution in [3.63, 3.8) is 0 Å². The molecule has 13 heteroatoms. The first kappa shape index (κ1) is 30.3. The zero-order chi connectivity index (χ0) is 28.7. The number of benzene rings is 2. The number of carboxylic acid groups (broad SMARTS) is 1. The van der Waals surface area contributed by atoms with Crippen LogP contribution in [0, 0.1) is 0 Å². The van der Waals surface area contributed by atoms with Crippen molar-refractivity contribution < 1.29 is 38.4 Å². The lowest BCUT2D eigenvalue weighted by Crippen LogP contribution is -2.44. The molecule has 0 radical (unpaired) electrons. The van der Waals surface area contributed by atoms with Gasteiger partial charge in [0, 0.05) is 12.1 Å². The van der Waals surface area contributed by atoms with Gasteiger partial charge in [0.1, 0.15) is 31.2 Å². The van der Waals surface area contributed by atoms with Crippen LogP contribution in [0.1, 0.15) is 29.7 Å². The largest absolute Gasteiger partial charge is 0.478 e. The number of carbonyl (C=O) groups excluding carboxylic acids is 2. The summed E-state index contributed by atoms with van der Waals surface area (Å²) >= 11 is 6.30. The minimum Gasteiger partial charge on any atom is -0.478 e. The number of carbonyl (C=O) groups is 3. The zero-order valence-corrected chi connectivity index (χ0v) is 22.5. The van der Waals surface area contributed by atoms with E-state index in [-0.39, 0.29) is 62.3 Å². The Morgan fingerprint density at radius 1 is 0.925 bits per heavy atom. The molecule has 40 heavy (non-hydrogen) atoms. The average molecular weight is 573 g/mol. The summed E-state index contributed by atoms with van der Waals surface area (Å²) in [6.45, 7) is 0.205. The summed E-state index contributed by atoms with van der Waals surface area (Å²) in [5.41, 5.74) is 1.07. The molecule has 0 aliphatic rings. The first-order valence-corrected chi connectivity index (χ1v) is 12.6. The van der Waals surface area contributed by atoms with Gasteiger partial charge in [-0.3, -0.25) is 4.79 Å².